The molecule has 1 aliphatic heterocycles. The summed E-state index contributed by atoms with van der Waals surface area (Å²) in [5.74, 6) is -0.0578. The molecule has 0 bridgehead atoms. The van der Waals surface area contributed by atoms with Crippen LogP contribution in [0.2, 0.25) is 0 Å². The van der Waals surface area contributed by atoms with Gasteiger partial charge in [-0.05, 0) is 37.0 Å². The predicted molar refractivity (Wildman–Crippen MR) is 66.9 cm³/mol. The summed E-state index contributed by atoms with van der Waals surface area (Å²) in [4.78, 5) is 10.5. The zero-order chi connectivity index (χ0) is 12.8. The van der Waals surface area contributed by atoms with Crippen LogP contribution in [0.15, 0.2) is 24.3 Å². The van der Waals surface area contributed by atoms with Crippen LogP contribution >= 0.6 is 0 Å². The van der Waals surface area contributed by atoms with Crippen LogP contribution in [0.25, 0.3) is 0 Å². The van der Waals surface area contributed by atoms with Crippen molar-refractivity contribution in [3.05, 3.63) is 29.8 Å². The largest absolute Gasteiger partial charge is 0.491 e. The van der Waals surface area contributed by atoms with E-state index in [1.807, 2.05) is 0 Å². The maximum Gasteiger partial charge on any atom is 0.307 e. The summed E-state index contributed by atoms with van der Waals surface area (Å²) < 4.78 is 11.2. The molecule has 4 heteroatoms. The fraction of sp³-hybridized carbons (Fsp3) is 0.500. The second kappa shape index (κ2) is 6.40. The summed E-state index contributed by atoms with van der Waals surface area (Å²) in [5.41, 5.74) is 0.781. The van der Waals surface area contributed by atoms with E-state index in [1.54, 1.807) is 24.3 Å². The molecule has 0 saturated carbocycles. The number of carbonyl (C=O) groups is 1. The van der Waals surface area contributed by atoms with E-state index >= 15 is 0 Å². The van der Waals surface area contributed by atoms with E-state index in [0.29, 0.717) is 6.61 Å². The molecular formula is C14H18O4. The van der Waals surface area contributed by atoms with Crippen LogP contribution in [-0.2, 0) is 16.0 Å². The highest BCUT2D eigenvalue weighted by molar-refractivity contribution is 5.70. The lowest BCUT2D eigenvalue weighted by molar-refractivity contribution is -0.136. The topological polar surface area (TPSA) is 55.8 Å². The number of benzene rings is 1. The number of hydrogen-bond donors (Lipinski definition) is 1. The fourth-order valence-corrected chi connectivity index (χ4v) is 2.01. The Morgan fingerprint density at radius 1 is 1.33 bits per heavy atom. The van der Waals surface area contributed by atoms with E-state index in [4.69, 9.17) is 14.6 Å². The van der Waals surface area contributed by atoms with Crippen LogP contribution in [0, 0.1) is 0 Å². The molecule has 1 saturated heterocycles. The van der Waals surface area contributed by atoms with Crippen molar-refractivity contribution in [3.8, 4) is 5.75 Å². The van der Waals surface area contributed by atoms with Gasteiger partial charge in [0.25, 0.3) is 0 Å². The normalized spacial score (nSPS) is 19.4. The van der Waals surface area contributed by atoms with Crippen LogP contribution in [-0.4, -0.2) is 30.4 Å². The molecule has 4 nitrogen and oxygen atoms in total. The zero-order valence-electron chi connectivity index (χ0n) is 10.3. The van der Waals surface area contributed by atoms with Crippen molar-refractivity contribution in [3.63, 3.8) is 0 Å². The standard InChI is InChI=1S/C14H18O4/c15-14(16)9-11-4-6-12(7-5-11)18-10-13-3-1-2-8-17-13/h4-7,13H,1-3,8-10H2,(H,15,16). The summed E-state index contributed by atoms with van der Waals surface area (Å²) in [5, 5.41) is 8.66. The van der Waals surface area contributed by atoms with E-state index < -0.39 is 5.97 Å². The first-order chi connectivity index (χ1) is 8.74. The molecule has 1 aromatic rings. The quantitative estimate of drug-likeness (QED) is 0.871. The van der Waals surface area contributed by atoms with Gasteiger partial charge in [0.05, 0.1) is 12.5 Å². The molecule has 1 fully saturated rings. The van der Waals surface area contributed by atoms with Gasteiger partial charge in [0, 0.05) is 6.61 Å². The maximum absolute atomic E-state index is 10.5. The van der Waals surface area contributed by atoms with Crippen molar-refractivity contribution in [1.82, 2.24) is 0 Å². The molecule has 1 aliphatic rings. The molecule has 0 aromatic heterocycles. The number of hydrogen-bond acceptors (Lipinski definition) is 3. The first kappa shape index (κ1) is 12.9. The molecule has 1 unspecified atom stereocenters. The summed E-state index contributed by atoms with van der Waals surface area (Å²) in [6.07, 6.45) is 3.63. The molecule has 0 spiro atoms. The van der Waals surface area contributed by atoms with Gasteiger partial charge in [-0.1, -0.05) is 12.1 Å². The van der Waals surface area contributed by atoms with Crippen molar-refractivity contribution in [1.29, 1.82) is 0 Å². The second-order valence-corrected chi connectivity index (χ2v) is 4.51. The predicted octanol–water partition coefficient (Wildman–Crippen LogP) is 2.26. The minimum absolute atomic E-state index is 0.0476. The van der Waals surface area contributed by atoms with Crippen molar-refractivity contribution in [2.45, 2.75) is 31.8 Å². The summed E-state index contributed by atoms with van der Waals surface area (Å²) in [6.45, 7) is 1.39. The van der Waals surface area contributed by atoms with E-state index in [1.165, 1.54) is 6.42 Å². The lowest BCUT2D eigenvalue weighted by Crippen LogP contribution is -2.25. The smallest absolute Gasteiger partial charge is 0.307 e. The first-order valence-electron chi connectivity index (χ1n) is 6.29. The third kappa shape index (κ3) is 4.04. The van der Waals surface area contributed by atoms with Crippen LogP contribution in [0.3, 0.4) is 0 Å². The molecule has 98 valence electrons. The monoisotopic (exact) mass is 250 g/mol. The second-order valence-electron chi connectivity index (χ2n) is 4.51. The van der Waals surface area contributed by atoms with Gasteiger partial charge in [0.1, 0.15) is 12.4 Å². The average Bonchev–Trinajstić information content (AvgIpc) is 2.38. The summed E-state index contributed by atoms with van der Waals surface area (Å²) in [7, 11) is 0. The van der Waals surface area contributed by atoms with Crippen molar-refractivity contribution < 1.29 is 19.4 Å². The highest BCUT2D eigenvalue weighted by atomic mass is 16.5. The van der Waals surface area contributed by atoms with Gasteiger partial charge in [-0.15, -0.1) is 0 Å². The van der Waals surface area contributed by atoms with Crippen LogP contribution in [0.1, 0.15) is 24.8 Å². The zero-order valence-corrected chi connectivity index (χ0v) is 10.3. The van der Waals surface area contributed by atoms with Gasteiger partial charge in [-0.25, -0.2) is 0 Å². The van der Waals surface area contributed by atoms with Gasteiger partial charge >= 0.3 is 5.97 Å². The van der Waals surface area contributed by atoms with Crippen LogP contribution in [0.5, 0.6) is 5.75 Å². The van der Waals surface area contributed by atoms with Gasteiger partial charge < -0.3 is 14.6 Å². The van der Waals surface area contributed by atoms with E-state index in [9.17, 15) is 4.79 Å². The van der Waals surface area contributed by atoms with Crippen molar-refractivity contribution in [2.24, 2.45) is 0 Å². The molecule has 1 atom stereocenters. The Morgan fingerprint density at radius 3 is 2.72 bits per heavy atom. The van der Waals surface area contributed by atoms with Gasteiger partial charge in [0.15, 0.2) is 0 Å². The molecule has 2 rings (SSSR count). The van der Waals surface area contributed by atoms with Gasteiger partial charge in [-0.3, -0.25) is 4.79 Å². The van der Waals surface area contributed by atoms with Gasteiger partial charge in [-0.2, -0.15) is 0 Å². The van der Waals surface area contributed by atoms with Crippen LogP contribution in [0.4, 0.5) is 0 Å². The lowest BCUT2D eigenvalue weighted by atomic mass is 10.1. The average molecular weight is 250 g/mol. The summed E-state index contributed by atoms with van der Waals surface area (Å²) in [6, 6.07) is 7.18. The molecule has 18 heavy (non-hydrogen) atoms. The first-order valence-corrected chi connectivity index (χ1v) is 6.29. The molecule has 0 radical (unpaired) electrons. The highest BCUT2D eigenvalue weighted by Crippen LogP contribution is 2.16. The number of carboxylic acid groups (broad SMARTS) is 1. The van der Waals surface area contributed by atoms with Gasteiger partial charge in [0.2, 0.25) is 0 Å². The van der Waals surface area contributed by atoms with Crippen molar-refractivity contribution >= 4 is 5.97 Å². The molecule has 0 amide bonds. The Balaban J connectivity index is 1.80. The van der Waals surface area contributed by atoms with E-state index in [-0.39, 0.29) is 12.5 Å². The minimum atomic E-state index is -0.820. The number of aliphatic carboxylic acids is 1. The fourth-order valence-electron chi connectivity index (χ4n) is 2.01. The number of ether oxygens (including phenoxy) is 2. The Labute approximate surface area is 107 Å². The lowest BCUT2D eigenvalue weighted by Gasteiger charge is -2.22. The minimum Gasteiger partial charge on any atom is -0.491 e. The van der Waals surface area contributed by atoms with E-state index in [2.05, 4.69) is 0 Å². The van der Waals surface area contributed by atoms with E-state index in [0.717, 1.165) is 30.8 Å². The Hall–Kier alpha value is -1.55. The maximum atomic E-state index is 10.5. The van der Waals surface area contributed by atoms with Crippen molar-refractivity contribution in [2.75, 3.05) is 13.2 Å². The molecule has 0 aliphatic carbocycles. The Morgan fingerprint density at radius 2 is 2.11 bits per heavy atom. The third-order valence-corrected chi connectivity index (χ3v) is 2.99. The SMILES string of the molecule is O=C(O)Cc1ccc(OCC2CCCCO2)cc1. The highest BCUT2D eigenvalue weighted by Gasteiger charge is 2.14. The summed E-state index contributed by atoms with van der Waals surface area (Å²) >= 11 is 0. The molecule has 1 heterocycles. The number of carboxylic acids is 1. The molecular weight excluding hydrogens is 232 g/mol. The van der Waals surface area contributed by atoms with Crippen LogP contribution < -0.4 is 4.74 Å². The Bertz CT molecular complexity index is 379. The molecule has 1 aromatic carbocycles. The molecule has 1 N–H and O–H groups in total. The Kier molecular flexibility index (Phi) is 4.59. The third-order valence-electron chi connectivity index (χ3n) is 2.99. The number of rotatable bonds is 5.